The molecule has 0 saturated heterocycles. The van der Waals surface area contributed by atoms with Gasteiger partial charge in [0.05, 0.1) is 34.9 Å². The molecule has 0 aliphatic carbocycles. The number of fused-ring (bicyclic) bond motifs is 2. The number of anilines is 2. The highest BCUT2D eigenvalue weighted by Crippen LogP contribution is 2.28. The Morgan fingerprint density at radius 3 is 1.29 bits per heavy atom. The molecule has 2 amide bonds. The second kappa shape index (κ2) is 13.8. The van der Waals surface area contributed by atoms with Gasteiger partial charge in [-0.3, -0.25) is 28.3 Å². The van der Waals surface area contributed by atoms with Crippen LogP contribution < -0.4 is 20.9 Å². The third-order valence-corrected chi connectivity index (χ3v) is 8.73. The van der Waals surface area contributed by atoms with Gasteiger partial charge in [0.2, 0.25) is 11.8 Å². The van der Waals surface area contributed by atoms with Gasteiger partial charge in [-0.15, -0.1) is 23.2 Å². The zero-order chi connectivity index (χ0) is 33.9. The minimum Gasteiger partial charge on any atom is -0.304 e. The Bertz CT molecular complexity index is 2120. The fraction of sp³-hybridized carbons (Fsp3) is 0.167. The monoisotopic (exact) mass is 680 g/mol. The number of aromatic nitrogens is 4. The van der Waals surface area contributed by atoms with E-state index in [9.17, 15) is 19.2 Å². The fourth-order valence-electron chi connectivity index (χ4n) is 5.55. The summed E-state index contributed by atoms with van der Waals surface area (Å²) in [4.78, 5) is 64.1. The minimum atomic E-state index is -0.335. The molecule has 0 aliphatic heterocycles. The van der Waals surface area contributed by atoms with Gasteiger partial charge in [0.15, 0.2) is 0 Å². The van der Waals surface area contributed by atoms with Gasteiger partial charge in [-0.25, -0.2) is 9.97 Å². The summed E-state index contributed by atoms with van der Waals surface area (Å²) >= 11 is 12.0. The van der Waals surface area contributed by atoms with E-state index in [1.54, 1.807) is 50.5 Å². The predicted octanol–water partition coefficient (Wildman–Crippen LogP) is 5.39. The predicted molar refractivity (Wildman–Crippen MR) is 190 cm³/mol. The molecule has 0 atom stereocenters. The minimum absolute atomic E-state index is 0.0538. The Hall–Kier alpha value is -5.32. The molecule has 0 aliphatic rings. The first-order valence-electron chi connectivity index (χ1n) is 15.0. The van der Waals surface area contributed by atoms with Gasteiger partial charge in [0.1, 0.15) is 23.4 Å². The van der Waals surface area contributed by atoms with Gasteiger partial charge in [-0.05, 0) is 59.7 Å². The number of nitrogens with zero attached hydrogens (tertiary/aromatic N) is 6. The molecule has 4 aromatic carbocycles. The Morgan fingerprint density at radius 2 is 0.938 bits per heavy atom. The third-order valence-electron chi connectivity index (χ3n) is 8.27. The van der Waals surface area contributed by atoms with E-state index in [4.69, 9.17) is 23.2 Å². The van der Waals surface area contributed by atoms with Gasteiger partial charge < -0.3 is 9.80 Å². The van der Waals surface area contributed by atoms with Crippen LogP contribution in [-0.4, -0.2) is 42.7 Å². The van der Waals surface area contributed by atoms with Crippen LogP contribution in [0.5, 0.6) is 0 Å². The number of benzene rings is 4. The first-order valence-corrected chi connectivity index (χ1v) is 16.1. The van der Waals surface area contributed by atoms with E-state index < -0.39 is 0 Å². The van der Waals surface area contributed by atoms with Crippen LogP contribution in [-0.2, 0) is 36.8 Å². The number of rotatable bonds is 9. The topological polar surface area (TPSA) is 110 Å². The molecule has 6 rings (SSSR count). The van der Waals surface area contributed by atoms with Crippen molar-refractivity contribution in [3.8, 4) is 11.1 Å². The van der Waals surface area contributed by atoms with Crippen LogP contribution in [0.3, 0.4) is 0 Å². The van der Waals surface area contributed by atoms with E-state index in [1.807, 2.05) is 60.7 Å². The van der Waals surface area contributed by atoms with Gasteiger partial charge in [0, 0.05) is 25.5 Å². The van der Waals surface area contributed by atoms with Crippen LogP contribution in [0.2, 0.25) is 0 Å². The summed E-state index contributed by atoms with van der Waals surface area (Å²) in [6.07, 6.45) is 0. The summed E-state index contributed by atoms with van der Waals surface area (Å²) in [7, 11) is 3.27. The Balaban J connectivity index is 1.26. The molecule has 0 N–H and O–H groups in total. The molecule has 0 spiro atoms. The van der Waals surface area contributed by atoms with E-state index in [0.29, 0.717) is 44.8 Å². The summed E-state index contributed by atoms with van der Waals surface area (Å²) < 4.78 is 2.89. The first-order chi connectivity index (χ1) is 23.2. The van der Waals surface area contributed by atoms with Crippen LogP contribution in [0, 0.1) is 0 Å². The maximum atomic E-state index is 13.0. The Labute approximate surface area is 285 Å². The quantitative estimate of drug-likeness (QED) is 0.189. The molecule has 0 saturated carbocycles. The van der Waals surface area contributed by atoms with Crippen molar-refractivity contribution in [1.82, 2.24) is 19.1 Å². The number of alkyl halides is 2. The molecule has 6 aromatic rings. The maximum absolute atomic E-state index is 13.0. The largest absolute Gasteiger partial charge is 0.304 e. The molecule has 48 heavy (non-hydrogen) atoms. The Morgan fingerprint density at radius 1 is 0.583 bits per heavy atom. The molecule has 0 unspecified atom stereocenters. The smallest absolute Gasteiger partial charge is 0.261 e. The molecule has 2 heterocycles. The molecule has 0 bridgehead atoms. The lowest BCUT2D eigenvalue weighted by Crippen LogP contribution is -2.35. The van der Waals surface area contributed by atoms with E-state index in [1.165, 1.54) is 18.9 Å². The van der Waals surface area contributed by atoms with Crippen LogP contribution in [0.1, 0.15) is 11.6 Å². The second-order valence-corrected chi connectivity index (χ2v) is 11.7. The number of amides is 2. The molecule has 10 nitrogen and oxygen atoms in total. The van der Waals surface area contributed by atoms with Gasteiger partial charge in [-0.1, -0.05) is 48.5 Å². The van der Waals surface area contributed by atoms with Crippen LogP contribution in [0.4, 0.5) is 11.4 Å². The molecule has 0 radical (unpaired) electrons. The molecule has 2 aromatic heterocycles. The lowest BCUT2D eigenvalue weighted by atomic mass is 10.0. The average molecular weight is 682 g/mol. The average Bonchev–Trinajstić information content (AvgIpc) is 3.13. The molecule has 12 heteroatoms. The second-order valence-electron chi connectivity index (χ2n) is 11.1. The number of carbonyl (C=O) groups is 2. The van der Waals surface area contributed by atoms with Gasteiger partial charge >= 0.3 is 0 Å². The summed E-state index contributed by atoms with van der Waals surface area (Å²) in [5, 5.41) is 1.00. The summed E-state index contributed by atoms with van der Waals surface area (Å²) in [6, 6.07) is 28.9. The molecular formula is C36H30Cl2N6O4. The molecular weight excluding hydrogens is 651 g/mol. The fourth-order valence-corrected chi connectivity index (χ4v) is 5.84. The van der Waals surface area contributed by atoms with Crippen molar-refractivity contribution in [3.05, 3.63) is 129 Å². The SMILES string of the molecule is Cn1c(CN(C(=O)CCl)c2ccc(-c3ccc(N(Cc4nc5ccccc5c(=O)n4C)C(=O)CCl)cc3)cc2)nc2ccccc2c1=O. The molecule has 242 valence electrons. The van der Waals surface area contributed by atoms with Crippen LogP contribution >= 0.6 is 23.2 Å². The highest BCUT2D eigenvalue weighted by atomic mass is 35.5. The van der Waals surface area contributed by atoms with Gasteiger partial charge in [0.25, 0.3) is 11.1 Å². The summed E-state index contributed by atoms with van der Waals surface area (Å²) in [5.41, 5.74) is 3.63. The van der Waals surface area contributed by atoms with Crippen LogP contribution in [0.15, 0.2) is 107 Å². The Kier molecular flexibility index (Phi) is 9.38. The maximum Gasteiger partial charge on any atom is 0.261 e. The lowest BCUT2D eigenvalue weighted by molar-refractivity contribution is -0.117. The summed E-state index contributed by atoms with van der Waals surface area (Å²) in [5.74, 6) is -0.313. The van der Waals surface area contributed by atoms with Crippen molar-refractivity contribution >= 4 is 68.2 Å². The van der Waals surface area contributed by atoms with Crippen molar-refractivity contribution in [2.75, 3.05) is 21.6 Å². The standard InChI is InChI=1S/C36H30Cl2N6O4/c1-41-31(39-29-9-5-3-7-27(29)35(41)47)21-43(33(45)19-37)25-15-11-23(12-16-25)24-13-17-26(18-14-24)44(34(46)20-38)22-32-40-30-10-6-4-8-28(30)36(48)42(32)2/h3-18H,19-22H2,1-2H3. The van der Waals surface area contributed by atoms with E-state index in [0.717, 1.165) is 11.1 Å². The van der Waals surface area contributed by atoms with Crippen molar-refractivity contribution in [3.63, 3.8) is 0 Å². The number of para-hydroxylation sites is 2. The van der Waals surface area contributed by atoms with Crippen molar-refractivity contribution in [1.29, 1.82) is 0 Å². The van der Waals surface area contributed by atoms with Crippen LogP contribution in [0.25, 0.3) is 32.9 Å². The number of carbonyl (C=O) groups excluding carboxylic acids is 2. The van der Waals surface area contributed by atoms with Crippen molar-refractivity contribution < 1.29 is 9.59 Å². The van der Waals surface area contributed by atoms with E-state index in [2.05, 4.69) is 9.97 Å². The number of hydrogen-bond donors (Lipinski definition) is 0. The zero-order valence-electron chi connectivity index (χ0n) is 26.1. The van der Waals surface area contributed by atoms with E-state index >= 15 is 0 Å². The highest BCUT2D eigenvalue weighted by molar-refractivity contribution is 6.29. The zero-order valence-corrected chi connectivity index (χ0v) is 27.7. The van der Waals surface area contributed by atoms with E-state index in [-0.39, 0.29) is 47.8 Å². The van der Waals surface area contributed by atoms with Crippen molar-refractivity contribution in [2.24, 2.45) is 14.1 Å². The van der Waals surface area contributed by atoms with Gasteiger partial charge in [-0.2, -0.15) is 0 Å². The lowest BCUT2D eigenvalue weighted by Gasteiger charge is -2.24. The molecule has 0 fully saturated rings. The normalized spacial score (nSPS) is 11.2. The van der Waals surface area contributed by atoms with Crippen molar-refractivity contribution in [2.45, 2.75) is 13.1 Å². The highest BCUT2D eigenvalue weighted by Gasteiger charge is 2.21. The number of halogens is 2. The first kappa shape index (κ1) is 32.6. The number of hydrogen-bond acceptors (Lipinski definition) is 6. The third kappa shape index (κ3) is 6.32. The summed E-state index contributed by atoms with van der Waals surface area (Å²) in [6.45, 7) is 0.108.